The van der Waals surface area contributed by atoms with Crippen LogP contribution in [-0.4, -0.2) is 42.5 Å². The van der Waals surface area contributed by atoms with Gasteiger partial charge in [-0.05, 0) is 6.92 Å². The van der Waals surface area contributed by atoms with Crippen LogP contribution in [0.2, 0.25) is 0 Å². The molecule has 0 aliphatic carbocycles. The summed E-state index contributed by atoms with van der Waals surface area (Å²) in [5, 5.41) is 0.388. The lowest BCUT2D eigenvalue weighted by Crippen LogP contribution is -2.09. The van der Waals surface area contributed by atoms with Crippen molar-refractivity contribution in [3.8, 4) is 0 Å². The third kappa shape index (κ3) is 3.04. The van der Waals surface area contributed by atoms with E-state index in [-0.39, 0.29) is 23.9 Å². The van der Waals surface area contributed by atoms with E-state index in [1.807, 2.05) is 0 Å². The number of rotatable bonds is 5. The molecule has 0 saturated carbocycles. The highest BCUT2D eigenvalue weighted by molar-refractivity contribution is 7.98. The standard InChI is InChI=1S/C12H13N7O3S/c1-2-22-10(20)6-5(16-11(21)17-6)3-23-12-18-8(13)7-9(19-12)15-4-14-7/h4H,2-3H2,1H3,(H2,16,17,21)(H3,13,14,15,18,19). The number of ether oxygens (including phenoxy) is 1. The number of imidazole rings is 2. The number of carbonyl (C=O) groups excluding carboxylic acids is 1. The first-order valence-corrected chi connectivity index (χ1v) is 7.64. The molecule has 0 aliphatic heterocycles. The zero-order valence-corrected chi connectivity index (χ0v) is 12.9. The fourth-order valence-corrected chi connectivity index (χ4v) is 2.75. The third-order valence-electron chi connectivity index (χ3n) is 2.92. The van der Waals surface area contributed by atoms with E-state index < -0.39 is 11.7 Å². The zero-order chi connectivity index (χ0) is 16.4. The maximum absolute atomic E-state index is 11.8. The molecule has 3 rings (SSSR count). The predicted molar refractivity (Wildman–Crippen MR) is 83.0 cm³/mol. The maximum atomic E-state index is 11.8. The second-order valence-electron chi connectivity index (χ2n) is 4.43. The fourth-order valence-electron chi connectivity index (χ4n) is 1.94. The van der Waals surface area contributed by atoms with Gasteiger partial charge < -0.3 is 20.4 Å². The van der Waals surface area contributed by atoms with Gasteiger partial charge in [0.2, 0.25) is 0 Å². The first-order valence-electron chi connectivity index (χ1n) is 6.66. The second kappa shape index (κ2) is 6.12. The van der Waals surface area contributed by atoms with Crippen molar-refractivity contribution in [1.82, 2.24) is 29.9 Å². The van der Waals surface area contributed by atoms with Crippen LogP contribution in [0.5, 0.6) is 0 Å². The van der Waals surface area contributed by atoms with Gasteiger partial charge >= 0.3 is 11.7 Å². The predicted octanol–water partition coefficient (Wildman–Crippen LogP) is 0.420. The van der Waals surface area contributed by atoms with E-state index in [4.69, 9.17) is 10.5 Å². The molecule has 0 spiro atoms. The van der Waals surface area contributed by atoms with Gasteiger partial charge in [-0.3, -0.25) is 4.98 Å². The summed E-state index contributed by atoms with van der Waals surface area (Å²) in [5.74, 6) is -0.0461. The van der Waals surface area contributed by atoms with Crippen molar-refractivity contribution in [2.24, 2.45) is 0 Å². The monoisotopic (exact) mass is 335 g/mol. The van der Waals surface area contributed by atoms with Crippen molar-refractivity contribution < 1.29 is 9.53 Å². The van der Waals surface area contributed by atoms with Gasteiger partial charge in [0.05, 0.1) is 18.6 Å². The number of anilines is 1. The van der Waals surface area contributed by atoms with Crippen molar-refractivity contribution >= 4 is 34.7 Å². The summed E-state index contributed by atoms with van der Waals surface area (Å²) in [6.45, 7) is 1.90. The first kappa shape index (κ1) is 15.1. The van der Waals surface area contributed by atoms with Crippen molar-refractivity contribution in [2.75, 3.05) is 12.3 Å². The number of hydrogen-bond acceptors (Lipinski definition) is 8. The van der Waals surface area contributed by atoms with Crippen molar-refractivity contribution in [2.45, 2.75) is 17.8 Å². The Labute approximate surface area is 133 Å². The molecule has 10 nitrogen and oxygen atoms in total. The lowest BCUT2D eigenvalue weighted by Gasteiger charge is -2.03. The molecule has 0 saturated heterocycles. The van der Waals surface area contributed by atoms with Gasteiger partial charge in [0, 0.05) is 5.75 Å². The van der Waals surface area contributed by atoms with Gasteiger partial charge in [0.1, 0.15) is 11.2 Å². The van der Waals surface area contributed by atoms with E-state index >= 15 is 0 Å². The molecule has 0 amide bonds. The molecule has 0 atom stereocenters. The van der Waals surface area contributed by atoms with E-state index in [2.05, 4.69) is 29.9 Å². The average Bonchev–Trinajstić information content (AvgIpc) is 3.12. The number of nitrogen functional groups attached to an aromatic ring is 1. The molecule has 3 aromatic heterocycles. The van der Waals surface area contributed by atoms with Gasteiger partial charge in [0.15, 0.2) is 16.6 Å². The van der Waals surface area contributed by atoms with Gasteiger partial charge in [-0.15, -0.1) is 0 Å². The number of fused-ring (bicyclic) bond motifs is 1. The molecule has 0 aromatic carbocycles. The van der Waals surface area contributed by atoms with Crippen molar-refractivity contribution in [3.63, 3.8) is 0 Å². The molecule has 3 heterocycles. The normalized spacial score (nSPS) is 11.0. The molecule has 0 unspecified atom stereocenters. The van der Waals surface area contributed by atoms with Crippen LogP contribution in [0.3, 0.4) is 0 Å². The van der Waals surface area contributed by atoms with Crippen LogP contribution in [0.1, 0.15) is 23.1 Å². The number of thioether (sulfide) groups is 1. The SMILES string of the molecule is CCOC(=O)c1[nH]c(=O)[nH]c1CSc1nc(N)c2[nH]cnc2n1. The summed E-state index contributed by atoms with van der Waals surface area (Å²) in [4.78, 5) is 43.5. The Balaban J connectivity index is 1.82. The number of aromatic nitrogens is 6. The number of esters is 1. The highest BCUT2D eigenvalue weighted by Gasteiger charge is 2.17. The van der Waals surface area contributed by atoms with Gasteiger partial charge in [-0.2, -0.15) is 0 Å². The van der Waals surface area contributed by atoms with Crippen LogP contribution in [0.25, 0.3) is 11.2 Å². The number of hydrogen-bond donors (Lipinski definition) is 4. The number of nitrogens with zero attached hydrogens (tertiary/aromatic N) is 3. The average molecular weight is 335 g/mol. The molecule has 5 N–H and O–H groups in total. The number of carbonyl (C=O) groups is 1. The Hall–Kier alpha value is -2.82. The fraction of sp³-hybridized carbons (Fsp3) is 0.250. The van der Waals surface area contributed by atoms with E-state index in [9.17, 15) is 9.59 Å². The van der Waals surface area contributed by atoms with Gasteiger partial charge in [-0.1, -0.05) is 11.8 Å². The highest BCUT2D eigenvalue weighted by Crippen LogP contribution is 2.23. The van der Waals surface area contributed by atoms with E-state index in [0.29, 0.717) is 22.0 Å². The zero-order valence-electron chi connectivity index (χ0n) is 12.0. The van der Waals surface area contributed by atoms with Crippen LogP contribution in [0.15, 0.2) is 16.3 Å². The smallest absolute Gasteiger partial charge is 0.356 e. The van der Waals surface area contributed by atoms with Crippen molar-refractivity contribution in [3.05, 3.63) is 28.2 Å². The molecule has 23 heavy (non-hydrogen) atoms. The largest absolute Gasteiger partial charge is 0.461 e. The van der Waals surface area contributed by atoms with Gasteiger partial charge in [-0.25, -0.2) is 24.5 Å². The lowest BCUT2D eigenvalue weighted by atomic mass is 10.3. The minimum absolute atomic E-state index is 0.0955. The summed E-state index contributed by atoms with van der Waals surface area (Å²) in [6.07, 6.45) is 1.48. The Morgan fingerprint density at radius 3 is 3.00 bits per heavy atom. The van der Waals surface area contributed by atoms with Crippen LogP contribution in [0, 0.1) is 0 Å². The number of nitrogens with one attached hydrogen (secondary N) is 3. The minimum Gasteiger partial charge on any atom is -0.461 e. The topological polar surface area (TPSA) is 155 Å². The Bertz CT molecular complexity index is 913. The summed E-state index contributed by atoms with van der Waals surface area (Å²) in [6, 6.07) is 0. The lowest BCUT2D eigenvalue weighted by molar-refractivity contribution is 0.0519. The number of aromatic amines is 3. The summed E-state index contributed by atoms with van der Waals surface area (Å²) < 4.78 is 4.90. The van der Waals surface area contributed by atoms with Crippen LogP contribution >= 0.6 is 11.8 Å². The summed E-state index contributed by atoms with van der Waals surface area (Å²) in [7, 11) is 0. The van der Waals surface area contributed by atoms with Crippen LogP contribution in [-0.2, 0) is 10.5 Å². The molecule has 0 fully saturated rings. The summed E-state index contributed by atoms with van der Waals surface area (Å²) >= 11 is 1.21. The molecule has 0 aliphatic rings. The molecule has 11 heteroatoms. The molecule has 3 aromatic rings. The first-order chi connectivity index (χ1) is 11.1. The van der Waals surface area contributed by atoms with Gasteiger partial charge in [0.25, 0.3) is 0 Å². The maximum Gasteiger partial charge on any atom is 0.356 e. The van der Waals surface area contributed by atoms with Crippen LogP contribution in [0.4, 0.5) is 5.82 Å². The highest BCUT2D eigenvalue weighted by atomic mass is 32.2. The second-order valence-corrected chi connectivity index (χ2v) is 5.38. The molecule has 0 radical (unpaired) electrons. The Kier molecular flexibility index (Phi) is 4.02. The van der Waals surface area contributed by atoms with E-state index in [1.54, 1.807) is 6.92 Å². The third-order valence-corrected chi connectivity index (χ3v) is 3.80. The Morgan fingerprint density at radius 1 is 1.39 bits per heavy atom. The molecule has 120 valence electrons. The van der Waals surface area contributed by atoms with Crippen molar-refractivity contribution in [1.29, 1.82) is 0 Å². The van der Waals surface area contributed by atoms with Crippen LogP contribution < -0.4 is 11.4 Å². The van der Waals surface area contributed by atoms with E-state index in [0.717, 1.165) is 0 Å². The molecule has 0 bridgehead atoms. The number of H-pyrrole nitrogens is 3. The Morgan fingerprint density at radius 2 is 2.22 bits per heavy atom. The van der Waals surface area contributed by atoms with E-state index in [1.165, 1.54) is 18.1 Å². The molecular formula is C12H13N7O3S. The molecular weight excluding hydrogens is 322 g/mol. The minimum atomic E-state index is -0.593. The summed E-state index contributed by atoms with van der Waals surface area (Å²) in [5.41, 5.74) is 6.86. The quantitative estimate of drug-likeness (QED) is 0.297. The number of nitrogens with two attached hydrogens (primary N) is 1.